The standard InChI is InChI=1S/C11H9NO2.C5H5NO2S/c13-11(10-7-4-8-14-10)12-9-5-2-1-3-6-9;6-5(7)4-2-1-3-8-9-4/h1-8H,(H,12,13);1-3H,(H2,6,7). The maximum atomic E-state index is 11.5. The minimum Gasteiger partial charge on any atom is -0.459 e. The average molecular weight is 330 g/mol. The van der Waals surface area contributed by atoms with Crippen LogP contribution >= 0.6 is 12.0 Å². The summed E-state index contributed by atoms with van der Waals surface area (Å²) in [5.41, 5.74) is 5.68. The molecule has 1 aromatic heterocycles. The van der Waals surface area contributed by atoms with E-state index in [0.29, 0.717) is 10.7 Å². The monoisotopic (exact) mass is 330 g/mol. The van der Waals surface area contributed by atoms with E-state index < -0.39 is 5.91 Å². The molecule has 7 heteroatoms. The van der Waals surface area contributed by atoms with Crippen LogP contribution in [0.15, 0.2) is 76.5 Å². The number of carbonyl (C=O) groups excluding carboxylic acids is 2. The molecule has 0 saturated heterocycles. The van der Waals surface area contributed by atoms with Gasteiger partial charge in [0.15, 0.2) is 5.76 Å². The zero-order chi connectivity index (χ0) is 16.5. The van der Waals surface area contributed by atoms with Crippen LogP contribution in [0.1, 0.15) is 10.6 Å². The van der Waals surface area contributed by atoms with E-state index in [-0.39, 0.29) is 5.91 Å². The summed E-state index contributed by atoms with van der Waals surface area (Å²) in [6.07, 6.45) is 6.18. The number of rotatable bonds is 3. The maximum Gasteiger partial charge on any atom is 0.291 e. The topological polar surface area (TPSA) is 94.6 Å². The molecule has 2 amide bonds. The number of primary amides is 1. The zero-order valence-corrected chi connectivity index (χ0v) is 12.8. The molecule has 118 valence electrons. The summed E-state index contributed by atoms with van der Waals surface area (Å²) >= 11 is 0.971. The Labute approximate surface area is 137 Å². The predicted octanol–water partition coefficient (Wildman–Crippen LogP) is 3.08. The third-order valence-electron chi connectivity index (χ3n) is 2.54. The molecular weight excluding hydrogens is 316 g/mol. The number of nitrogens with one attached hydrogen (secondary N) is 1. The van der Waals surface area contributed by atoms with Gasteiger partial charge in [-0.1, -0.05) is 18.2 Å². The Bertz CT molecular complexity index is 709. The molecule has 2 heterocycles. The number of benzene rings is 1. The summed E-state index contributed by atoms with van der Waals surface area (Å²) in [6, 6.07) is 12.6. The first-order valence-corrected chi connectivity index (χ1v) is 7.31. The van der Waals surface area contributed by atoms with Crippen molar-refractivity contribution in [2.45, 2.75) is 0 Å². The van der Waals surface area contributed by atoms with Gasteiger partial charge in [0.1, 0.15) is 11.2 Å². The highest BCUT2D eigenvalue weighted by atomic mass is 32.2. The van der Waals surface area contributed by atoms with Gasteiger partial charge in [0.2, 0.25) is 0 Å². The van der Waals surface area contributed by atoms with Crippen LogP contribution < -0.4 is 11.1 Å². The van der Waals surface area contributed by atoms with E-state index in [4.69, 9.17) is 14.3 Å². The molecule has 0 radical (unpaired) electrons. The van der Waals surface area contributed by atoms with E-state index in [1.54, 1.807) is 24.3 Å². The van der Waals surface area contributed by atoms with E-state index >= 15 is 0 Å². The van der Waals surface area contributed by atoms with Crippen molar-refractivity contribution < 1.29 is 18.2 Å². The molecule has 0 atom stereocenters. The largest absolute Gasteiger partial charge is 0.459 e. The van der Waals surface area contributed by atoms with E-state index in [1.807, 2.05) is 30.3 Å². The second kappa shape index (κ2) is 8.50. The van der Waals surface area contributed by atoms with Gasteiger partial charge in [-0.2, -0.15) is 0 Å². The first-order chi connectivity index (χ1) is 11.2. The van der Waals surface area contributed by atoms with E-state index in [9.17, 15) is 9.59 Å². The quantitative estimate of drug-likeness (QED) is 0.843. The average Bonchev–Trinajstić information content (AvgIpc) is 3.12. The van der Waals surface area contributed by atoms with Crippen molar-refractivity contribution in [3.05, 3.63) is 77.8 Å². The first kappa shape index (κ1) is 16.4. The Morgan fingerprint density at radius 1 is 1.09 bits per heavy atom. The number of allylic oxidation sites excluding steroid dienone is 2. The van der Waals surface area contributed by atoms with Crippen LogP contribution in [0.25, 0.3) is 0 Å². The molecule has 0 spiro atoms. The number of nitrogens with two attached hydrogens (primary N) is 1. The van der Waals surface area contributed by atoms with Crippen LogP contribution in [0, 0.1) is 0 Å². The Balaban J connectivity index is 0.000000185. The summed E-state index contributed by atoms with van der Waals surface area (Å²) in [7, 11) is 0. The van der Waals surface area contributed by atoms with Gasteiger partial charge in [-0.25, -0.2) is 0 Å². The van der Waals surface area contributed by atoms with Crippen molar-refractivity contribution >= 4 is 29.5 Å². The van der Waals surface area contributed by atoms with Crippen LogP contribution in [0.2, 0.25) is 0 Å². The minimum atomic E-state index is -0.454. The molecule has 3 N–H and O–H groups in total. The molecule has 1 aromatic carbocycles. The number of carbonyl (C=O) groups is 2. The van der Waals surface area contributed by atoms with Crippen LogP contribution in [0.3, 0.4) is 0 Å². The summed E-state index contributed by atoms with van der Waals surface area (Å²) in [5.74, 6) is -0.376. The fourth-order valence-electron chi connectivity index (χ4n) is 1.51. The summed E-state index contributed by atoms with van der Waals surface area (Å²) in [5, 5.41) is 2.71. The summed E-state index contributed by atoms with van der Waals surface area (Å²) < 4.78 is 9.67. The zero-order valence-electron chi connectivity index (χ0n) is 12.0. The van der Waals surface area contributed by atoms with Gasteiger partial charge < -0.3 is 19.7 Å². The third kappa shape index (κ3) is 5.40. The maximum absolute atomic E-state index is 11.5. The van der Waals surface area contributed by atoms with Crippen LogP contribution in [0.4, 0.5) is 5.69 Å². The van der Waals surface area contributed by atoms with E-state index in [0.717, 1.165) is 17.7 Å². The molecule has 2 aromatic rings. The molecule has 0 aliphatic carbocycles. The lowest BCUT2D eigenvalue weighted by Gasteiger charge is -2.02. The van der Waals surface area contributed by atoms with Crippen molar-refractivity contribution in [2.75, 3.05) is 5.32 Å². The van der Waals surface area contributed by atoms with Crippen molar-refractivity contribution in [1.82, 2.24) is 0 Å². The summed E-state index contributed by atoms with van der Waals surface area (Å²) in [6.45, 7) is 0. The predicted molar refractivity (Wildman–Crippen MR) is 88.2 cm³/mol. The van der Waals surface area contributed by atoms with E-state index in [2.05, 4.69) is 5.32 Å². The Kier molecular flexibility index (Phi) is 6.07. The van der Waals surface area contributed by atoms with Gasteiger partial charge in [0.05, 0.1) is 18.3 Å². The third-order valence-corrected chi connectivity index (χ3v) is 3.26. The Hall–Kier alpha value is -2.93. The van der Waals surface area contributed by atoms with Crippen LogP contribution in [0.5, 0.6) is 0 Å². The summed E-state index contributed by atoms with van der Waals surface area (Å²) in [4.78, 5) is 22.3. The highest BCUT2D eigenvalue weighted by molar-refractivity contribution is 7.99. The van der Waals surface area contributed by atoms with Crippen LogP contribution in [-0.4, -0.2) is 11.8 Å². The van der Waals surface area contributed by atoms with Crippen molar-refractivity contribution in [3.8, 4) is 0 Å². The molecule has 1 aliphatic heterocycles. The SMILES string of the molecule is NC(=O)C1=CC=COS1.O=C(Nc1ccccc1)c1ccco1. The fraction of sp³-hybridized carbons (Fsp3) is 0. The molecule has 6 nitrogen and oxygen atoms in total. The number of para-hydroxylation sites is 1. The molecule has 3 rings (SSSR count). The normalized spacial score (nSPS) is 12.3. The fourth-order valence-corrected chi connectivity index (χ4v) is 1.95. The van der Waals surface area contributed by atoms with Gasteiger partial charge in [-0.05, 0) is 36.4 Å². The molecule has 0 bridgehead atoms. The number of furan rings is 1. The molecule has 1 aliphatic rings. The highest BCUT2D eigenvalue weighted by Gasteiger charge is 2.07. The van der Waals surface area contributed by atoms with Gasteiger partial charge in [-0.3, -0.25) is 9.59 Å². The highest BCUT2D eigenvalue weighted by Crippen LogP contribution is 2.20. The Morgan fingerprint density at radius 3 is 2.39 bits per heavy atom. The van der Waals surface area contributed by atoms with Crippen LogP contribution in [-0.2, 0) is 8.98 Å². The molecule has 0 unspecified atom stereocenters. The van der Waals surface area contributed by atoms with E-state index in [1.165, 1.54) is 12.5 Å². The van der Waals surface area contributed by atoms with Crippen molar-refractivity contribution in [1.29, 1.82) is 0 Å². The van der Waals surface area contributed by atoms with Gasteiger partial charge >= 0.3 is 0 Å². The second-order valence-corrected chi connectivity index (χ2v) is 5.00. The number of amides is 2. The molecular formula is C16H14N2O4S. The van der Waals surface area contributed by atoms with Gasteiger partial charge in [0, 0.05) is 5.69 Å². The number of hydrogen-bond acceptors (Lipinski definition) is 5. The first-order valence-electron chi connectivity index (χ1n) is 6.56. The number of anilines is 1. The lowest BCUT2D eigenvalue weighted by Crippen LogP contribution is -2.12. The second-order valence-electron chi connectivity index (χ2n) is 4.20. The lowest BCUT2D eigenvalue weighted by molar-refractivity contribution is -0.113. The van der Waals surface area contributed by atoms with Gasteiger partial charge in [-0.15, -0.1) is 0 Å². The van der Waals surface area contributed by atoms with Crippen molar-refractivity contribution in [3.63, 3.8) is 0 Å². The van der Waals surface area contributed by atoms with Crippen molar-refractivity contribution in [2.24, 2.45) is 5.73 Å². The minimum absolute atomic E-state index is 0.235. The molecule has 0 saturated carbocycles. The molecule has 23 heavy (non-hydrogen) atoms. The smallest absolute Gasteiger partial charge is 0.291 e. The molecule has 0 fully saturated rings. The number of hydrogen-bond donors (Lipinski definition) is 2. The lowest BCUT2D eigenvalue weighted by atomic mass is 10.3. The van der Waals surface area contributed by atoms with Gasteiger partial charge in [0.25, 0.3) is 11.8 Å². The Morgan fingerprint density at radius 2 is 1.87 bits per heavy atom.